The van der Waals surface area contributed by atoms with Gasteiger partial charge in [0.1, 0.15) is 5.69 Å². The maximum absolute atomic E-state index is 12.8. The van der Waals surface area contributed by atoms with E-state index in [1.54, 1.807) is 0 Å². The lowest BCUT2D eigenvalue weighted by Crippen LogP contribution is -2.41. The minimum absolute atomic E-state index is 0.0400. The molecule has 0 atom stereocenters. The van der Waals surface area contributed by atoms with Crippen LogP contribution in [0.4, 0.5) is 11.4 Å². The first-order chi connectivity index (χ1) is 11.6. The average molecular weight is 348 g/mol. The normalized spacial score (nSPS) is 11.6. The van der Waals surface area contributed by atoms with E-state index in [2.05, 4.69) is 0 Å². The number of aromatic nitrogens is 2. The molecule has 0 saturated heterocycles. The number of hydrogen-bond donors (Lipinski definition) is 1. The summed E-state index contributed by atoms with van der Waals surface area (Å²) in [5, 5.41) is 11.2. The summed E-state index contributed by atoms with van der Waals surface area (Å²) >= 11 is 0. The molecule has 0 bridgehead atoms. The number of nitrogens with two attached hydrogens (primary N) is 1. The van der Waals surface area contributed by atoms with Crippen LogP contribution in [0.5, 0.6) is 0 Å². The molecule has 2 aromatic rings. The van der Waals surface area contributed by atoms with Gasteiger partial charge in [-0.05, 0) is 24.3 Å². The standard InChI is InChI=1S/C17H24N4O4/c1-10(2)7-8-19-16(22)14-12(20(17(19)23)9-11(3)4)5-6-13(15(14)18)21(24)25/h5-6,10-11H,7-9,18H2,1-4H3. The quantitative estimate of drug-likeness (QED) is 0.489. The second-order valence-corrected chi connectivity index (χ2v) is 7.08. The van der Waals surface area contributed by atoms with Crippen LogP contribution in [0.2, 0.25) is 0 Å². The van der Waals surface area contributed by atoms with Crippen molar-refractivity contribution in [1.82, 2.24) is 9.13 Å². The maximum Gasteiger partial charge on any atom is 0.331 e. The summed E-state index contributed by atoms with van der Waals surface area (Å²) in [7, 11) is 0. The molecule has 8 nitrogen and oxygen atoms in total. The topological polar surface area (TPSA) is 113 Å². The molecule has 1 aromatic carbocycles. The first kappa shape index (κ1) is 18.7. The van der Waals surface area contributed by atoms with E-state index < -0.39 is 16.2 Å². The van der Waals surface area contributed by atoms with E-state index in [-0.39, 0.29) is 29.2 Å². The van der Waals surface area contributed by atoms with E-state index in [0.717, 1.165) is 4.57 Å². The van der Waals surface area contributed by atoms with Crippen molar-refractivity contribution in [2.24, 2.45) is 11.8 Å². The third-order valence-electron chi connectivity index (χ3n) is 4.09. The first-order valence-electron chi connectivity index (χ1n) is 8.35. The second-order valence-electron chi connectivity index (χ2n) is 7.08. The van der Waals surface area contributed by atoms with E-state index in [1.165, 1.54) is 16.7 Å². The Morgan fingerprint density at radius 2 is 1.76 bits per heavy atom. The number of hydrogen-bond acceptors (Lipinski definition) is 5. The Kier molecular flexibility index (Phi) is 5.30. The SMILES string of the molecule is CC(C)CCn1c(=O)c2c(N)c([N+](=O)[O-])ccc2n(CC(C)C)c1=O. The highest BCUT2D eigenvalue weighted by molar-refractivity contribution is 5.94. The van der Waals surface area contributed by atoms with Crippen molar-refractivity contribution in [1.29, 1.82) is 0 Å². The van der Waals surface area contributed by atoms with Gasteiger partial charge in [-0.1, -0.05) is 27.7 Å². The van der Waals surface area contributed by atoms with Crippen molar-refractivity contribution in [3.05, 3.63) is 43.1 Å². The third-order valence-corrected chi connectivity index (χ3v) is 4.09. The van der Waals surface area contributed by atoms with Crippen LogP contribution >= 0.6 is 0 Å². The molecule has 0 fully saturated rings. The van der Waals surface area contributed by atoms with E-state index >= 15 is 0 Å². The molecule has 25 heavy (non-hydrogen) atoms. The summed E-state index contributed by atoms with van der Waals surface area (Å²) in [6.45, 7) is 8.56. The van der Waals surface area contributed by atoms with E-state index in [1.807, 2.05) is 27.7 Å². The minimum atomic E-state index is -0.620. The van der Waals surface area contributed by atoms with Crippen molar-refractivity contribution in [3.63, 3.8) is 0 Å². The molecule has 1 heterocycles. The van der Waals surface area contributed by atoms with Crippen molar-refractivity contribution in [2.45, 2.75) is 47.2 Å². The van der Waals surface area contributed by atoms with Gasteiger partial charge in [0.2, 0.25) is 0 Å². The largest absolute Gasteiger partial charge is 0.392 e. The Morgan fingerprint density at radius 3 is 2.28 bits per heavy atom. The highest BCUT2D eigenvalue weighted by atomic mass is 16.6. The summed E-state index contributed by atoms with van der Waals surface area (Å²) in [5.74, 6) is 0.469. The van der Waals surface area contributed by atoms with Crippen molar-refractivity contribution < 1.29 is 4.92 Å². The summed E-state index contributed by atoms with van der Waals surface area (Å²) in [4.78, 5) is 36.2. The molecule has 0 spiro atoms. The fourth-order valence-electron chi connectivity index (χ4n) is 2.80. The summed E-state index contributed by atoms with van der Waals surface area (Å²) < 4.78 is 2.63. The van der Waals surface area contributed by atoms with Crippen LogP contribution in [0.15, 0.2) is 21.7 Å². The van der Waals surface area contributed by atoms with Gasteiger partial charge in [-0.25, -0.2) is 4.79 Å². The zero-order valence-electron chi connectivity index (χ0n) is 15.0. The smallest absolute Gasteiger partial charge is 0.331 e. The number of benzene rings is 1. The fourth-order valence-corrected chi connectivity index (χ4v) is 2.80. The predicted molar refractivity (Wildman–Crippen MR) is 97.8 cm³/mol. The van der Waals surface area contributed by atoms with Crippen molar-refractivity contribution in [2.75, 3.05) is 5.73 Å². The number of rotatable bonds is 6. The molecule has 2 N–H and O–H groups in total. The lowest BCUT2D eigenvalue weighted by atomic mass is 10.1. The van der Waals surface area contributed by atoms with Gasteiger partial charge < -0.3 is 5.73 Å². The van der Waals surface area contributed by atoms with E-state index in [0.29, 0.717) is 24.4 Å². The van der Waals surface area contributed by atoms with Gasteiger partial charge >= 0.3 is 5.69 Å². The number of nitrogens with zero attached hydrogens (tertiary/aromatic N) is 3. The molecule has 0 radical (unpaired) electrons. The molecule has 0 unspecified atom stereocenters. The highest BCUT2D eigenvalue weighted by Crippen LogP contribution is 2.27. The van der Waals surface area contributed by atoms with Crippen LogP contribution in [0.3, 0.4) is 0 Å². The van der Waals surface area contributed by atoms with Gasteiger partial charge in [0.15, 0.2) is 0 Å². The Bertz CT molecular complexity index is 925. The number of nitro benzene ring substituents is 1. The maximum atomic E-state index is 12.8. The van der Waals surface area contributed by atoms with Crippen LogP contribution < -0.4 is 17.0 Å². The van der Waals surface area contributed by atoms with Crippen LogP contribution in [-0.2, 0) is 13.1 Å². The van der Waals surface area contributed by atoms with Crippen LogP contribution in [0.1, 0.15) is 34.1 Å². The zero-order chi connectivity index (χ0) is 18.9. The monoisotopic (exact) mass is 348 g/mol. The van der Waals surface area contributed by atoms with E-state index in [4.69, 9.17) is 5.73 Å². The molecule has 2 rings (SSSR count). The Hall–Kier alpha value is -2.64. The van der Waals surface area contributed by atoms with Crippen LogP contribution in [0, 0.1) is 22.0 Å². The number of fused-ring (bicyclic) bond motifs is 1. The number of nitro groups is 1. The third kappa shape index (κ3) is 3.57. The van der Waals surface area contributed by atoms with Crippen LogP contribution in [0.25, 0.3) is 10.9 Å². The summed E-state index contributed by atoms with van der Waals surface area (Å²) in [6.07, 6.45) is 0.650. The van der Waals surface area contributed by atoms with Gasteiger partial charge in [-0.2, -0.15) is 0 Å². The summed E-state index contributed by atoms with van der Waals surface area (Å²) in [6, 6.07) is 2.67. The molecular weight excluding hydrogens is 324 g/mol. The zero-order valence-corrected chi connectivity index (χ0v) is 15.0. The number of nitrogen functional groups attached to an aromatic ring is 1. The number of anilines is 1. The average Bonchev–Trinajstić information content (AvgIpc) is 2.50. The van der Waals surface area contributed by atoms with Gasteiger partial charge in [0, 0.05) is 19.2 Å². The van der Waals surface area contributed by atoms with E-state index in [9.17, 15) is 19.7 Å². The first-order valence-corrected chi connectivity index (χ1v) is 8.35. The molecule has 136 valence electrons. The molecule has 1 aromatic heterocycles. The molecular formula is C17H24N4O4. The molecule has 0 aliphatic rings. The Labute approximate surface area is 145 Å². The highest BCUT2D eigenvalue weighted by Gasteiger charge is 2.22. The Morgan fingerprint density at radius 1 is 1.12 bits per heavy atom. The molecule has 0 saturated carbocycles. The van der Waals surface area contributed by atoms with Gasteiger partial charge in [-0.3, -0.25) is 24.0 Å². The van der Waals surface area contributed by atoms with Crippen molar-refractivity contribution >= 4 is 22.3 Å². The van der Waals surface area contributed by atoms with Crippen LogP contribution in [-0.4, -0.2) is 14.1 Å². The Balaban J connectivity index is 2.89. The molecule has 0 aliphatic heterocycles. The lowest BCUT2D eigenvalue weighted by Gasteiger charge is -2.17. The molecule has 0 amide bonds. The van der Waals surface area contributed by atoms with Gasteiger partial charge in [0.05, 0.1) is 15.8 Å². The second kappa shape index (κ2) is 7.08. The fraction of sp³-hybridized carbons (Fsp3) is 0.529. The molecule has 0 aliphatic carbocycles. The van der Waals surface area contributed by atoms with Gasteiger partial charge in [-0.15, -0.1) is 0 Å². The van der Waals surface area contributed by atoms with Gasteiger partial charge in [0.25, 0.3) is 11.2 Å². The minimum Gasteiger partial charge on any atom is -0.392 e. The molecule has 8 heteroatoms. The lowest BCUT2D eigenvalue weighted by molar-refractivity contribution is -0.383. The predicted octanol–water partition coefficient (Wildman–Crippen LogP) is 2.36. The van der Waals surface area contributed by atoms with Crippen molar-refractivity contribution in [3.8, 4) is 0 Å². The summed E-state index contributed by atoms with van der Waals surface area (Å²) in [5.41, 5.74) is 4.78.